The molecule has 0 bridgehead atoms. The predicted octanol–water partition coefficient (Wildman–Crippen LogP) is 2.88. The van der Waals surface area contributed by atoms with E-state index in [1.807, 2.05) is 0 Å². The highest BCUT2D eigenvalue weighted by atomic mass is 79.9. The number of aromatic nitrogens is 1. The molecule has 1 N–H and O–H groups in total. The van der Waals surface area contributed by atoms with Gasteiger partial charge in [0.1, 0.15) is 10.3 Å². The third-order valence-electron chi connectivity index (χ3n) is 2.51. The predicted molar refractivity (Wildman–Crippen MR) is 77.7 cm³/mol. The minimum Gasteiger partial charge on any atom is -0.465 e. The number of carbonyl (C=O) groups excluding carboxylic acids is 2. The van der Waals surface area contributed by atoms with Gasteiger partial charge in [0.2, 0.25) is 0 Å². The Morgan fingerprint density at radius 1 is 1.15 bits per heavy atom. The molecular weight excluding hydrogens is 324 g/mol. The average Bonchev–Trinajstić information content (AvgIpc) is 2.47. The van der Waals surface area contributed by atoms with Crippen molar-refractivity contribution in [3.05, 3.63) is 58.3 Å². The van der Waals surface area contributed by atoms with Gasteiger partial charge in [0.15, 0.2) is 0 Å². The highest BCUT2D eigenvalue weighted by molar-refractivity contribution is 9.10. The summed E-state index contributed by atoms with van der Waals surface area (Å²) in [5.41, 5.74) is 1.30. The summed E-state index contributed by atoms with van der Waals surface area (Å²) in [5.74, 6) is -0.742. The van der Waals surface area contributed by atoms with Gasteiger partial charge < -0.3 is 10.1 Å². The summed E-state index contributed by atoms with van der Waals surface area (Å²) >= 11 is 3.21. The SMILES string of the molecule is COC(=O)c1ccc(NC(=O)c2cccc(Br)n2)cc1. The van der Waals surface area contributed by atoms with Crippen molar-refractivity contribution in [2.24, 2.45) is 0 Å². The van der Waals surface area contributed by atoms with E-state index in [9.17, 15) is 9.59 Å². The molecule has 102 valence electrons. The molecule has 2 rings (SSSR count). The number of methoxy groups -OCH3 is 1. The second kappa shape index (κ2) is 6.29. The largest absolute Gasteiger partial charge is 0.465 e. The first-order chi connectivity index (χ1) is 9.60. The molecule has 5 nitrogen and oxygen atoms in total. The number of rotatable bonds is 3. The molecule has 20 heavy (non-hydrogen) atoms. The minimum atomic E-state index is -0.420. The summed E-state index contributed by atoms with van der Waals surface area (Å²) in [6.45, 7) is 0. The maximum Gasteiger partial charge on any atom is 0.337 e. The van der Waals surface area contributed by atoms with Crippen LogP contribution in [0.15, 0.2) is 47.1 Å². The number of halogens is 1. The summed E-state index contributed by atoms with van der Waals surface area (Å²) in [4.78, 5) is 27.3. The van der Waals surface area contributed by atoms with E-state index >= 15 is 0 Å². The number of nitrogens with zero attached hydrogens (tertiary/aromatic N) is 1. The monoisotopic (exact) mass is 334 g/mol. The van der Waals surface area contributed by atoms with E-state index in [1.165, 1.54) is 7.11 Å². The number of nitrogens with one attached hydrogen (secondary N) is 1. The smallest absolute Gasteiger partial charge is 0.337 e. The van der Waals surface area contributed by atoms with E-state index < -0.39 is 5.97 Å². The van der Waals surface area contributed by atoms with E-state index in [2.05, 4.69) is 31.0 Å². The Morgan fingerprint density at radius 3 is 2.45 bits per heavy atom. The molecule has 0 aliphatic rings. The fourth-order valence-electron chi connectivity index (χ4n) is 1.54. The standard InChI is InChI=1S/C14H11BrN2O3/c1-20-14(19)9-5-7-10(8-6-9)16-13(18)11-3-2-4-12(15)17-11/h2-8H,1H3,(H,16,18). The number of ether oxygens (including phenoxy) is 1. The van der Waals surface area contributed by atoms with Crippen LogP contribution in [0.5, 0.6) is 0 Å². The molecule has 6 heteroatoms. The molecule has 1 amide bonds. The molecule has 1 aromatic heterocycles. The molecule has 0 saturated heterocycles. The average molecular weight is 335 g/mol. The lowest BCUT2D eigenvalue weighted by atomic mass is 10.2. The molecule has 0 unspecified atom stereocenters. The van der Waals surface area contributed by atoms with Gasteiger partial charge in [-0.1, -0.05) is 6.07 Å². The van der Waals surface area contributed by atoms with Gasteiger partial charge in [0.05, 0.1) is 12.7 Å². The van der Waals surface area contributed by atoms with Gasteiger partial charge in [-0.05, 0) is 52.3 Å². The number of hydrogen-bond acceptors (Lipinski definition) is 4. The van der Waals surface area contributed by atoms with Crippen LogP contribution in [0.1, 0.15) is 20.8 Å². The summed E-state index contributed by atoms with van der Waals surface area (Å²) in [6, 6.07) is 11.5. The van der Waals surface area contributed by atoms with Crippen LogP contribution in [0.2, 0.25) is 0 Å². The molecule has 0 spiro atoms. The van der Waals surface area contributed by atoms with Gasteiger partial charge >= 0.3 is 5.97 Å². The van der Waals surface area contributed by atoms with Gasteiger partial charge in [0, 0.05) is 5.69 Å². The molecular formula is C14H11BrN2O3. The number of pyridine rings is 1. The zero-order valence-electron chi connectivity index (χ0n) is 10.6. The molecule has 0 saturated carbocycles. The minimum absolute atomic E-state index is 0.302. The fourth-order valence-corrected chi connectivity index (χ4v) is 1.88. The lowest BCUT2D eigenvalue weighted by Gasteiger charge is -2.05. The number of carbonyl (C=O) groups is 2. The van der Waals surface area contributed by atoms with Crippen molar-refractivity contribution in [1.82, 2.24) is 4.98 Å². The zero-order chi connectivity index (χ0) is 14.5. The van der Waals surface area contributed by atoms with Crippen molar-refractivity contribution in [1.29, 1.82) is 0 Å². The summed E-state index contributed by atoms with van der Waals surface area (Å²) in [6.07, 6.45) is 0. The second-order valence-electron chi connectivity index (χ2n) is 3.87. The Bertz CT molecular complexity index is 641. The first-order valence-electron chi connectivity index (χ1n) is 5.72. The van der Waals surface area contributed by atoms with Gasteiger partial charge in [-0.15, -0.1) is 0 Å². The van der Waals surface area contributed by atoms with E-state index in [1.54, 1.807) is 42.5 Å². The number of hydrogen-bond donors (Lipinski definition) is 1. The maximum absolute atomic E-state index is 12.0. The lowest BCUT2D eigenvalue weighted by molar-refractivity contribution is 0.0600. The molecule has 2 aromatic rings. The van der Waals surface area contributed by atoms with Crippen molar-refractivity contribution in [3.8, 4) is 0 Å². The maximum atomic E-state index is 12.0. The Hall–Kier alpha value is -2.21. The zero-order valence-corrected chi connectivity index (χ0v) is 12.2. The van der Waals surface area contributed by atoms with E-state index in [0.29, 0.717) is 21.5 Å². The van der Waals surface area contributed by atoms with Gasteiger partial charge in [-0.25, -0.2) is 9.78 Å². The molecule has 0 aliphatic carbocycles. The number of benzene rings is 1. The second-order valence-corrected chi connectivity index (χ2v) is 4.68. The van der Waals surface area contributed by atoms with Crippen LogP contribution in [0.3, 0.4) is 0 Å². The van der Waals surface area contributed by atoms with Crippen molar-refractivity contribution in [3.63, 3.8) is 0 Å². The summed E-state index contributed by atoms with van der Waals surface area (Å²) < 4.78 is 5.19. The topological polar surface area (TPSA) is 68.3 Å². The normalized spacial score (nSPS) is 9.90. The third kappa shape index (κ3) is 3.42. The third-order valence-corrected chi connectivity index (χ3v) is 2.95. The highest BCUT2D eigenvalue weighted by Crippen LogP contribution is 2.12. The first-order valence-corrected chi connectivity index (χ1v) is 6.52. The van der Waals surface area contributed by atoms with Gasteiger partial charge in [-0.2, -0.15) is 0 Å². The van der Waals surface area contributed by atoms with Crippen LogP contribution >= 0.6 is 15.9 Å². The number of esters is 1. The fraction of sp³-hybridized carbons (Fsp3) is 0.0714. The van der Waals surface area contributed by atoms with Crippen LogP contribution < -0.4 is 5.32 Å². The first kappa shape index (κ1) is 14.2. The van der Waals surface area contributed by atoms with Crippen LogP contribution in [-0.2, 0) is 4.74 Å². The Labute approximate surface area is 124 Å². The van der Waals surface area contributed by atoms with Gasteiger partial charge in [-0.3, -0.25) is 4.79 Å². The van der Waals surface area contributed by atoms with Gasteiger partial charge in [0.25, 0.3) is 5.91 Å². The van der Waals surface area contributed by atoms with Crippen LogP contribution in [-0.4, -0.2) is 24.0 Å². The van der Waals surface area contributed by atoms with Crippen molar-refractivity contribution >= 4 is 33.5 Å². The molecule has 0 atom stereocenters. The van der Waals surface area contributed by atoms with E-state index in [-0.39, 0.29) is 5.91 Å². The van der Waals surface area contributed by atoms with Crippen LogP contribution in [0.25, 0.3) is 0 Å². The molecule has 0 aliphatic heterocycles. The van der Waals surface area contributed by atoms with Crippen molar-refractivity contribution in [2.45, 2.75) is 0 Å². The van der Waals surface area contributed by atoms with E-state index in [0.717, 1.165) is 0 Å². The molecule has 1 aromatic carbocycles. The number of amides is 1. The number of anilines is 1. The quantitative estimate of drug-likeness (QED) is 0.692. The van der Waals surface area contributed by atoms with Crippen molar-refractivity contribution in [2.75, 3.05) is 12.4 Å². The Balaban J connectivity index is 2.10. The highest BCUT2D eigenvalue weighted by Gasteiger charge is 2.09. The summed E-state index contributed by atoms with van der Waals surface area (Å²) in [5, 5.41) is 2.70. The van der Waals surface area contributed by atoms with Crippen molar-refractivity contribution < 1.29 is 14.3 Å². The Kier molecular flexibility index (Phi) is 4.47. The molecule has 0 fully saturated rings. The molecule has 0 radical (unpaired) electrons. The lowest BCUT2D eigenvalue weighted by Crippen LogP contribution is -2.13. The van der Waals surface area contributed by atoms with Crippen LogP contribution in [0, 0.1) is 0 Å². The van der Waals surface area contributed by atoms with Crippen LogP contribution in [0.4, 0.5) is 5.69 Å². The van der Waals surface area contributed by atoms with E-state index in [4.69, 9.17) is 0 Å². The Morgan fingerprint density at radius 2 is 1.85 bits per heavy atom. The summed E-state index contributed by atoms with van der Waals surface area (Å²) in [7, 11) is 1.32. The molecule has 1 heterocycles.